The van der Waals surface area contributed by atoms with Crippen LogP contribution in [0.3, 0.4) is 0 Å². The van der Waals surface area contributed by atoms with Crippen molar-refractivity contribution in [3.63, 3.8) is 0 Å². The summed E-state index contributed by atoms with van der Waals surface area (Å²) in [5, 5.41) is 36.5. The Balaban J connectivity index is 1.56. The Kier molecular flexibility index (Phi) is 7.64. The van der Waals surface area contributed by atoms with Gasteiger partial charge in [0.15, 0.2) is 11.4 Å². The van der Waals surface area contributed by atoms with Gasteiger partial charge in [-0.2, -0.15) is 0 Å². The van der Waals surface area contributed by atoms with Crippen molar-refractivity contribution >= 4 is 35.6 Å². The van der Waals surface area contributed by atoms with Crippen LogP contribution in [0, 0.1) is 57.7 Å². The first-order chi connectivity index (χ1) is 23.5. The number of ketones is 1. The van der Waals surface area contributed by atoms with E-state index < -0.39 is 141 Å². The van der Waals surface area contributed by atoms with Gasteiger partial charge in [-0.1, -0.05) is 20.8 Å². The number of aliphatic hydroxyl groups is 3. The minimum atomic E-state index is -3.15. The van der Waals surface area contributed by atoms with E-state index in [1.807, 2.05) is 0 Å². The molecule has 280 valence electrons. The van der Waals surface area contributed by atoms with Crippen LogP contribution in [0.2, 0.25) is 0 Å². The van der Waals surface area contributed by atoms with E-state index in [1.54, 1.807) is 33.8 Å². The largest absolute Gasteiger partial charge is 0.462 e. The number of hydrogen-bond donors (Lipinski definition) is 3. The number of carbonyl (C=O) groups is 6. The van der Waals surface area contributed by atoms with Gasteiger partial charge in [0, 0.05) is 68.1 Å². The lowest BCUT2D eigenvalue weighted by atomic mass is 9.40. The fraction of sp³-hybridized carbons (Fsp3) is 0.778. The van der Waals surface area contributed by atoms with Gasteiger partial charge in [-0.3, -0.25) is 24.0 Å². The topological polar surface area (TPSA) is 222 Å². The molecule has 0 amide bonds. The Hall–Kier alpha value is -3.40. The van der Waals surface area contributed by atoms with E-state index >= 15 is 0 Å². The molecule has 0 aromatic heterocycles. The molecular weight excluding hydrogens is 672 g/mol. The van der Waals surface area contributed by atoms with E-state index in [0.717, 1.165) is 13.8 Å². The second-order valence-electron chi connectivity index (χ2n) is 16.6. The predicted octanol–water partition coefficient (Wildman–Crippen LogP) is 0.733. The number of epoxide rings is 1. The number of rotatable bonds is 4. The molecule has 15 nitrogen and oxygen atoms in total. The highest BCUT2D eigenvalue weighted by Crippen LogP contribution is 2.76. The van der Waals surface area contributed by atoms with Gasteiger partial charge in [0.2, 0.25) is 5.79 Å². The molecule has 5 aliphatic carbocycles. The van der Waals surface area contributed by atoms with Crippen molar-refractivity contribution in [2.45, 2.75) is 117 Å². The Morgan fingerprint density at radius 1 is 0.725 bits per heavy atom. The number of fused-ring (bicyclic) bond motifs is 10. The SMILES string of the molecule is CC(=O)O[C@@H]1[C@H]2[C@H]3C([C@H](OC(C)=O)[C@H](OC(C)=O)[C@]2(C)[C@@H]2[C@@H]1[C@]1(C)C(=C[C@H]2C)OC(=O)[C@@]1(C)O)[C@]1(C)[C@H](C[C@@H]2O[C@@H]2[C@@H]1OC(C)=O)C(=O)C3(O)O. The van der Waals surface area contributed by atoms with Crippen molar-refractivity contribution in [3.8, 4) is 0 Å². The van der Waals surface area contributed by atoms with E-state index in [4.69, 9.17) is 28.4 Å². The summed E-state index contributed by atoms with van der Waals surface area (Å²) in [4.78, 5) is 79.8. The molecule has 7 rings (SSSR count). The van der Waals surface area contributed by atoms with E-state index in [9.17, 15) is 44.1 Å². The molecule has 0 aromatic carbocycles. The molecule has 0 bridgehead atoms. The summed E-state index contributed by atoms with van der Waals surface area (Å²) in [5.74, 6) is -15.7. The molecule has 15 heteroatoms. The summed E-state index contributed by atoms with van der Waals surface area (Å²) < 4.78 is 35.9. The monoisotopic (exact) mass is 718 g/mol. The molecule has 6 fully saturated rings. The number of allylic oxidation sites excluding steroid dienone is 1. The molecule has 51 heavy (non-hydrogen) atoms. The van der Waals surface area contributed by atoms with Crippen molar-refractivity contribution in [2.24, 2.45) is 57.7 Å². The van der Waals surface area contributed by atoms with Gasteiger partial charge in [-0.05, 0) is 38.2 Å². The molecule has 0 radical (unpaired) electrons. The lowest BCUT2D eigenvalue weighted by Gasteiger charge is -2.66. The van der Waals surface area contributed by atoms with Gasteiger partial charge in [-0.25, -0.2) is 4.79 Å². The Labute approximate surface area is 294 Å². The number of ether oxygens (including phenoxy) is 6. The zero-order chi connectivity index (χ0) is 37.7. The van der Waals surface area contributed by atoms with E-state index in [1.165, 1.54) is 20.8 Å². The standard InChI is InChI=1S/C36H46O15/c1-12-10-19-34(8,35(9,43)31(42)51-19)24-20(12)33(7)22(26(24)46-13(2)37)21-23(27(47-14(3)38)30(33)49-16(5)40)32(6)17(28(41)36(21,44)45)11-18-25(50-18)29(32)48-15(4)39/h10,12,17-18,20-27,29-30,43-45H,11H2,1-9H3/t12-,17-,18+,20+,21+,22-,23?,24+,25+,26-,27+,29+,30+,32+,33-,34+,35-/m1/s1. The molecule has 1 unspecified atom stereocenters. The Bertz CT molecular complexity index is 1660. The second kappa shape index (κ2) is 10.8. The molecule has 2 saturated heterocycles. The summed E-state index contributed by atoms with van der Waals surface area (Å²) in [6, 6.07) is 0. The molecular formula is C36H46O15. The van der Waals surface area contributed by atoms with E-state index in [2.05, 4.69) is 0 Å². The number of carbonyl (C=O) groups excluding carboxylic acids is 6. The second-order valence-corrected chi connectivity index (χ2v) is 16.6. The maximum atomic E-state index is 14.6. The summed E-state index contributed by atoms with van der Waals surface area (Å²) in [6.45, 7) is 12.7. The maximum absolute atomic E-state index is 14.6. The molecule has 3 N–H and O–H groups in total. The Morgan fingerprint density at radius 2 is 1.25 bits per heavy atom. The van der Waals surface area contributed by atoms with Gasteiger partial charge in [-0.15, -0.1) is 0 Å². The molecule has 0 aromatic rings. The lowest BCUT2D eigenvalue weighted by molar-refractivity contribution is -0.323. The lowest BCUT2D eigenvalue weighted by Crippen LogP contribution is -2.78. The molecule has 4 saturated carbocycles. The van der Waals surface area contributed by atoms with Crippen molar-refractivity contribution < 1.29 is 72.5 Å². The summed E-state index contributed by atoms with van der Waals surface area (Å²) in [7, 11) is 0. The van der Waals surface area contributed by atoms with Gasteiger partial charge in [0.25, 0.3) is 0 Å². The van der Waals surface area contributed by atoms with Gasteiger partial charge in [0.05, 0.1) is 11.5 Å². The minimum Gasteiger partial charge on any atom is -0.462 e. The first-order valence-electron chi connectivity index (χ1n) is 17.5. The van der Waals surface area contributed by atoms with Crippen LogP contribution in [0.1, 0.15) is 68.7 Å². The normalized spacial score (nSPS) is 51.1. The van der Waals surface area contributed by atoms with Gasteiger partial charge >= 0.3 is 29.8 Å². The van der Waals surface area contributed by atoms with Crippen LogP contribution in [-0.4, -0.2) is 99.0 Å². The van der Waals surface area contributed by atoms with Gasteiger partial charge in [0.1, 0.15) is 36.3 Å². The molecule has 0 spiro atoms. The average Bonchev–Trinajstić information content (AvgIpc) is 3.68. The van der Waals surface area contributed by atoms with Crippen LogP contribution >= 0.6 is 0 Å². The fourth-order valence-corrected chi connectivity index (χ4v) is 12.2. The van der Waals surface area contributed by atoms with Gasteiger partial charge < -0.3 is 43.7 Å². The van der Waals surface area contributed by atoms with Crippen LogP contribution in [0.25, 0.3) is 0 Å². The molecule has 17 atom stereocenters. The highest BCUT2D eigenvalue weighted by Gasteiger charge is 2.85. The highest BCUT2D eigenvalue weighted by atomic mass is 16.6. The maximum Gasteiger partial charge on any atom is 0.343 e. The third kappa shape index (κ3) is 4.37. The van der Waals surface area contributed by atoms with Crippen LogP contribution in [0.4, 0.5) is 0 Å². The zero-order valence-corrected chi connectivity index (χ0v) is 30.0. The van der Waals surface area contributed by atoms with E-state index in [0.29, 0.717) is 0 Å². The third-order valence-electron chi connectivity index (χ3n) is 14.1. The first kappa shape index (κ1) is 36.0. The van der Waals surface area contributed by atoms with Crippen molar-refractivity contribution in [2.75, 3.05) is 0 Å². The van der Waals surface area contributed by atoms with Crippen LogP contribution in [-0.2, 0) is 57.2 Å². The zero-order valence-electron chi connectivity index (χ0n) is 30.0. The quantitative estimate of drug-likeness (QED) is 0.158. The Morgan fingerprint density at radius 3 is 1.82 bits per heavy atom. The first-order valence-corrected chi connectivity index (χ1v) is 17.5. The van der Waals surface area contributed by atoms with Crippen molar-refractivity contribution in [3.05, 3.63) is 11.8 Å². The summed E-state index contributed by atoms with van der Waals surface area (Å²) in [5.41, 5.74) is -6.76. The smallest absolute Gasteiger partial charge is 0.343 e. The minimum absolute atomic E-state index is 0.0418. The number of hydrogen-bond acceptors (Lipinski definition) is 15. The van der Waals surface area contributed by atoms with Crippen LogP contribution in [0.15, 0.2) is 11.8 Å². The molecule has 2 aliphatic heterocycles. The fourth-order valence-electron chi connectivity index (χ4n) is 12.2. The number of esters is 5. The predicted molar refractivity (Wildman–Crippen MR) is 167 cm³/mol. The highest BCUT2D eigenvalue weighted by molar-refractivity contribution is 5.91. The van der Waals surface area contributed by atoms with Crippen molar-refractivity contribution in [1.29, 1.82) is 0 Å². The van der Waals surface area contributed by atoms with E-state index in [-0.39, 0.29) is 12.2 Å². The van der Waals surface area contributed by atoms with Crippen molar-refractivity contribution in [1.82, 2.24) is 0 Å². The summed E-state index contributed by atoms with van der Waals surface area (Å²) >= 11 is 0. The number of Topliss-reactive ketones (excluding diaryl/α,β-unsaturated/α-hetero) is 1. The molecule has 7 aliphatic rings. The molecule has 2 heterocycles. The average molecular weight is 719 g/mol. The van der Waals surface area contributed by atoms with Crippen LogP contribution in [0.5, 0.6) is 0 Å². The summed E-state index contributed by atoms with van der Waals surface area (Å²) in [6.07, 6.45) is -4.80. The third-order valence-corrected chi connectivity index (χ3v) is 14.1. The van der Waals surface area contributed by atoms with Crippen LogP contribution < -0.4 is 0 Å².